The smallest absolute Gasteiger partial charge is 0.440 e. The van der Waals surface area contributed by atoms with Gasteiger partial charge in [-0.25, -0.2) is 4.79 Å². The Morgan fingerprint density at radius 2 is 2.30 bits per heavy atom. The van der Waals surface area contributed by atoms with Gasteiger partial charge in [-0.1, -0.05) is 28.7 Å². The van der Waals surface area contributed by atoms with E-state index in [9.17, 15) is 4.79 Å². The number of ether oxygens (including phenoxy) is 1. The van der Waals surface area contributed by atoms with Crippen molar-refractivity contribution in [2.75, 3.05) is 13.7 Å². The van der Waals surface area contributed by atoms with E-state index in [1.807, 2.05) is 0 Å². The van der Waals surface area contributed by atoms with Gasteiger partial charge in [0.15, 0.2) is 12.4 Å². The molecule has 1 aromatic carbocycles. The zero-order chi connectivity index (χ0) is 15.0. The third-order valence-electron chi connectivity index (χ3n) is 2.13. The molecule has 1 rings (SSSR count). The second kappa shape index (κ2) is 7.92. The maximum atomic E-state index is 10.9. The standard InChI is InChI=1S/C13H13ClN2O4/c1-4-7-19-15-9(2)10-5-6-11(14)12(8-10)20-16-13(17)18-3/h1,5-6,8H,7H2,2-3H3,(H,16,17). The number of hydrogen-bond acceptors (Lipinski definition) is 5. The molecule has 1 N–H and O–H groups in total. The maximum absolute atomic E-state index is 10.9. The van der Waals surface area contributed by atoms with Gasteiger partial charge in [-0.05, 0) is 19.1 Å². The molecule has 106 valence electrons. The number of amides is 1. The topological polar surface area (TPSA) is 69.2 Å². The number of benzene rings is 1. The van der Waals surface area contributed by atoms with Crippen molar-refractivity contribution in [3.63, 3.8) is 0 Å². The molecule has 0 fully saturated rings. The van der Waals surface area contributed by atoms with Crippen molar-refractivity contribution in [2.45, 2.75) is 6.92 Å². The number of carbonyl (C=O) groups excluding carboxylic acids is 1. The fourth-order valence-corrected chi connectivity index (χ4v) is 1.32. The van der Waals surface area contributed by atoms with Crippen LogP contribution in [-0.2, 0) is 9.57 Å². The van der Waals surface area contributed by atoms with Crippen LogP contribution in [0.2, 0.25) is 5.02 Å². The molecule has 0 heterocycles. The third kappa shape index (κ3) is 4.71. The van der Waals surface area contributed by atoms with Crippen LogP contribution in [0.15, 0.2) is 23.4 Å². The monoisotopic (exact) mass is 296 g/mol. The number of nitrogens with zero attached hydrogens (tertiary/aromatic N) is 1. The van der Waals surface area contributed by atoms with E-state index in [-0.39, 0.29) is 12.4 Å². The lowest BCUT2D eigenvalue weighted by molar-refractivity contribution is 0.118. The number of hydroxylamine groups is 1. The largest absolute Gasteiger partial charge is 0.451 e. The Morgan fingerprint density at radius 1 is 1.55 bits per heavy atom. The predicted octanol–water partition coefficient (Wildman–Crippen LogP) is 2.36. The summed E-state index contributed by atoms with van der Waals surface area (Å²) in [6.45, 7) is 1.81. The average Bonchev–Trinajstić information content (AvgIpc) is 2.46. The van der Waals surface area contributed by atoms with Crippen molar-refractivity contribution in [1.82, 2.24) is 5.48 Å². The maximum Gasteiger partial charge on any atom is 0.440 e. The van der Waals surface area contributed by atoms with Crippen molar-refractivity contribution >= 4 is 23.4 Å². The van der Waals surface area contributed by atoms with Gasteiger partial charge < -0.3 is 14.4 Å². The molecule has 0 saturated heterocycles. The van der Waals surface area contributed by atoms with Gasteiger partial charge in [0, 0.05) is 5.56 Å². The van der Waals surface area contributed by atoms with Crippen LogP contribution < -0.4 is 10.3 Å². The lowest BCUT2D eigenvalue weighted by atomic mass is 10.1. The van der Waals surface area contributed by atoms with Crippen LogP contribution in [-0.4, -0.2) is 25.5 Å². The van der Waals surface area contributed by atoms with E-state index in [1.54, 1.807) is 25.1 Å². The molecule has 0 atom stereocenters. The van der Waals surface area contributed by atoms with Gasteiger partial charge in [-0.2, -0.15) is 5.48 Å². The first-order valence-corrected chi connectivity index (χ1v) is 5.87. The average molecular weight is 297 g/mol. The fourth-order valence-electron chi connectivity index (χ4n) is 1.16. The first-order chi connectivity index (χ1) is 9.58. The summed E-state index contributed by atoms with van der Waals surface area (Å²) in [6.07, 6.45) is 4.30. The highest BCUT2D eigenvalue weighted by Crippen LogP contribution is 2.25. The van der Waals surface area contributed by atoms with Crippen LogP contribution in [0.5, 0.6) is 5.75 Å². The Hall–Kier alpha value is -2.39. The molecule has 6 nitrogen and oxygen atoms in total. The fraction of sp³-hybridized carbons (Fsp3) is 0.231. The summed E-state index contributed by atoms with van der Waals surface area (Å²) in [6, 6.07) is 4.92. The summed E-state index contributed by atoms with van der Waals surface area (Å²) >= 11 is 5.94. The number of hydrogen-bond donors (Lipinski definition) is 1. The number of rotatable bonds is 5. The Balaban J connectivity index is 2.82. The van der Waals surface area contributed by atoms with Gasteiger partial charge in [0.25, 0.3) is 0 Å². The molecule has 0 aliphatic carbocycles. The summed E-state index contributed by atoms with van der Waals surface area (Å²) < 4.78 is 4.37. The van der Waals surface area contributed by atoms with Gasteiger partial charge in [0.1, 0.15) is 0 Å². The van der Waals surface area contributed by atoms with Gasteiger partial charge in [0.2, 0.25) is 0 Å². The minimum Gasteiger partial charge on any atom is -0.451 e. The lowest BCUT2D eigenvalue weighted by Gasteiger charge is -2.09. The van der Waals surface area contributed by atoms with Crippen molar-refractivity contribution in [1.29, 1.82) is 0 Å². The normalized spacial score (nSPS) is 10.4. The molecule has 0 spiro atoms. The quantitative estimate of drug-likeness (QED) is 0.392. The van der Waals surface area contributed by atoms with E-state index < -0.39 is 6.09 Å². The molecule has 7 heteroatoms. The zero-order valence-corrected chi connectivity index (χ0v) is 11.7. The number of terminal acetylenes is 1. The summed E-state index contributed by atoms with van der Waals surface area (Å²) in [4.78, 5) is 20.8. The molecule has 1 aromatic rings. The van der Waals surface area contributed by atoms with E-state index in [4.69, 9.17) is 27.7 Å². The van der Waals surface area contributed by atoms with Crippen molar-refractivity contribution < 1.29 is 19.2 Å². The second-order valence-corrected chi connectivity index (χ2v) is 3.90. The van der Waals surface area contributed by atoms with Crippen LogP contribution in [0, 0.1) is 12.3 Å². The van der Waals surface area contributed by atoms with Crippen LogP contribution in [0.4, 0.5) is 4.79 Å². The first-order valence-electron chi connectivity index (χ1n) is 5.49. The predicted molar refractivity (Wildman–Crippen MR) is 74.6 cm³/mol. The van der Waals surface area contributed by atoms with Gasteiger partial charge >= 0.3 is 6.09 Å². The highest BCUT2D eigenvalue weighted by atomic mass is 35.5. The highest BCUT2D eigenvalue weighted by molar-refractivity contribution is 6.32. The van der Waals surface area contributed by atoms with Crippen molar-refractivity contribution in [3.8, 4) is 18.1 Å². The molecule has 0 unspecified atom stereocenters. The minimum absolute atomic E-state index is 0.0815. The summed E-state index contributed by atoms with van der Waals surface area (Å²) in [5.74, 6) is 2.55. The molecule has 0 bridgehead atoms. The molecule has 0 saturated carbocycles. The molecule has 20 heavy (non-hydrogen) atoms. The second-order valence-electron chi connectivity index (χ2n) is 3.50. The van der Waals surface area contributed by atoms with E-state index in [2.05, 4.69) is 21.3 Å². The van der Waals surface area contributed by atoms with Crippen molar-refractivity contribution in [3.05, 3.63) is 28.8 Å². The molecule has 0 aliphatic heterocycles. The molecule has 0 aliphatic rings. The Kier molecular flexibility index (Phi) is 6.20. The van der Waals surface area contributed by atoms with E-state index in [1.165, 1.54) is 7.11 Å². The molecule has 0 aromatic heterocycles. The third-order valence-corrected chi connectivity index (χ3v) is 2.44. The van der Waals surface area contributed by atoms with Crippen LogP contribution in [0.25, 0.3) is 0 Å². The van der Waals surface area contributed by atoms with Gasteiger partial charge in [-0.3, -0.25) is 0 Å². The number of nitrogens with one attached hydrogen (secondary N) is 1. The van der Waals surface area contributed by atoms with E-state index in [0.717, 1.165) is 0 Å². The highest BCUT2D eigenvalue weighted by Gasteiger charge is 2.08. The van der Waals surface area contributed by atoms with Crippen LogP contribution in [0.3, 0.4) is 0 Å². The Labute approximate surface area is 121 Å². The molecular weight excluding hydrogens is 284 g/mol. The molecular formula is C13H13ClN2O4. The minimum atomic E-state index is -0.741. The number of halogens is 1. The SMILES string of the molecule is C#CCON=C(C)c1ccc(Cl)c(ONC(=O)OC)c1. The lowest BCUT2D eigenvalue weighted by Crippen LogP contribution is -2.26. The van der Waals surface area contributed by atoms with Crippen LogP contribution in [0.1, 0.15) is 12.5 Å². The summed E-state index contributed by atoms with van der Waals surface area (Å²) in [5, 5.41) is 4.15. The Morgan fingerprint density at radius 3 is 2.95 bits per heavy atom. The first kappa shape index (κ1) is 15.7. The van der Waals surface area contributed by atoms with Gasteiger partial charge in [-0.15, -0.1) is 6.42 Å². The number of carbonyl (C=O) groups is 1. The summed E-state index contributed by atoms with van der Waals surface area (Å²) in [7, 11) is 1.22. The zero-order valence-electron chi connectivity index (χ0n) is 11.0. The van der Waals surface area contributed by atoms with Crippen LogP contribution >= 0.6 is 11.6 Å². The number of methoxy groups -OCH3 is 1. The van der Waals surface area contributed by atoms with Crippen molar-refractivity contribution in [2.24, 2.45) is 5.16 Å². The van der Waals surface area contributed by atoms with E-state index >= 15 is 0 Å². The molecule has 0 radical (unpaired) electrons. The number of oxime groups is 1. The van der Waals surface area contributed by atoms with Gasteiger partial charge in [0.05, 0.1) is 17.8 Å². The Bertz CT molecular complexity index is 552. The van der Waals surface area contributed by atoms with E-state index in [0.29, 0.717) is 16.3 Å². The summed E-state index contributed by atoms with van der Waals surface area (Å²) in [5.41, 5.74) is 3.35. The molecule has 1 amide bonds.